The van der Waals surface area contributed by atoms with Gasteiger partial charge in [0.05, 0.1) is 12.4 Å². The van der Waals surface area contributed by atoms with Crippen LogP contribution in [-0.2, 0) is 13.6 Å². The molecule has 118 valence electrons. The van der Waals surface area contributed by atoms with E-state index in [0.29, 0.717) is 36.5 Å². The molecule has 2 atom stereocenters. The van der Waals surface area contributed by atoms with E-state index in [1.807, 2.05) is 18.0 Å². The number of aryl methyl sites for hydroxylation is 2. The van der Waals surface area contributed by atoms with Crippen LogP contribution < -0.4 is 4.74 Å². The maximum absolute atomic E-state index is 14.1. The monoisotopic (exact) mass is 305 g/mol. The molecule has 0 spiro atoms. The maximum Gasteiger partial charge on any atom is 0.157 e. The molecule has 6 heteroatoms. The van der Waals surface area contributed by atoms with Crippen molar-refractivity contribution in [2.75, 3.05) is 13.1 Å². The molecule has 1 aliphatic heterocycles. The van der Waals surface area contributed by atoms with Gasteiger partial charge in [0.2, 0.25) is 0 Å². The van der Waals surface area contributed by atoms with E-state index in [4.69, 9.17) is 4.74 Å². The third-order valence-corrected chi connectivity index (χ3v) is 3.95. The summed E-state index contributed by atoms with van der Waals surface area (Å²) in [5.74, 6) is 0.462. The highest BCUT2D eigenvalue weighted by Crippen LogP contribution is 2.21. The van der Waals surface area contributed by atoms with Crippen LogP contribution in [-0.4, -0.2) is 45.1 Å². The Kier molecular flexibility index (Phi) is 4.13. The lowest BCUT2D eigenvalue weighted by Crippen LogP contribution is -2.29. The minimum Gasteiger partial charge on any atom is -0.483 e. The molecule has 0 aliphatic carbocycles. The summed E-state index contributed by atoms with van der Waals surface area (Å²) in [6, 6.07) is 5.39. The van der Waals surface area contributed by atoms with Crippen LogP contribution in [0.3, 0.4) is 0 Å². The van der Waals surface area contributed by atoms with Crippen molar-refractivity contribution < 1.29 is 14.2 Å². The molecule has 0 saturated carbocycles. The summed E-state index contributed by atoms with van der Waals surface area (Å²) in [7, 11) is 1.81. The number of β-amino-alcohol motifs (C(OH)–C–C–N with tert-alkyl or cyclic N) is 1. The topological polar surface area (TPSA) is 50.5 Å². The van der Waals surface area contributed by atoms with Crippen LogP contribution in [0.4, 0.5) is 4.39 Å². The van der Waals surface area contributed by atoms with E-state index in [-0.39, 0.29) is 11.9 Å². The Morgan fingerprint density at radius 2 is 2.23 bits per heavy atom. The number of ether oxygens (including phenoxy) is 1. The van der Waals surface area contributed by atoms with Crippen LogP contribution in [0.25, 0.3) is 0 Å². The molecule has 0 radical (unpaired) electrons. The van der Waals surface area contributed by atoms with Gasteiger partial charge in [-0.25, -0.2) is 4.39 Å². The smallest absolute Gasteiger partial charge is 0.157 e. The van der Waals surface area contributed by atoms with Gasteiger partial charge in [0.25, 0.3) is 0 Å². The molecular formula is C16H20FN3O2. The zero-order valence-corrected chi connectivity index (χ0v) is 12.7. The Hall–Kier alpha value is -1.92. The number of aliphatic hydroxyl groups excluding tert-OH is 1. The van der Waals surface area contributed by atoms with Gasteiger partial charge >= 0.3 is 0 Å². The van der Waals surface area contributed by atoms with Crippen LogP contribution in [0.1, 0.15) is 11.1 Å². The molecular weight excluding hydrogens is 285 g/mol. The molecule has 0 bridgehead atoms. The molecule has 3 rings (SSSR count). The van der Waals surface area contributed by atoms with Crippen molar-refractivity contribution in [1.82, 2.24) is 14.7 Å². The molecule has 1 aromatic heterocycles. The summed E-state index contributed by atoms with van der Waals surface area (Å²) >= 11 is 0. The first-order valence-corrected chi connectivity index (χ1v) is 7.32. The fourth-order valence-electron chi connectivity index (χ4n) is 2.78. The Labute approximate surface area is 128 Å². The fraction of sp³-hybridized carbons (Fsp3) is 0.438. The molecule has 0 unspecified atom stereocenters. The van der Waals surface area contributed by atoms with Gasteiger partial charge in [-0.1, -0.05) is 18.2 Å². The number of nitrogens with zero attached hydrogens (tertiary/aromatic N) is 3. The van der Waals surface area contributed by atoms with Crippen molar-refractivity contribution in [1.29, 1.82) is 0 Å². The third-order valence-electron chi connectivity index (χ3n) is 3.95. The molecule has 22 heavy (non-hydrogen) atoms. The summed E-state index contributed by atoms with van der Waals surface area (Å²) in [6.07, 6.45) is 2.47. The average molecular weight is 305 g/mol. The first-order valence-electron chi connectivity index (χ1n) is 7.32. The van der Waals surface area contributed by atoms with Crippen molar-refractivity contribution in [3.05, 3.63) is 47.5 Å². The van der Waals surface area contributed by atoms with E-state index in [1.54, 1.807) is 36.1 Å². The first kappa shape index (κ1) is 15.0. The van der Waals surface area contributed by atoms with Gasteiger partial charge in [-0.15, -0.1) is 0 Å². The normalized spacial score (nSPS) is 22.2. The minimum absolute atomic E-state index is 0.173. The van der Waals surface area contributed by atoms with Gasteiger partial charge in [-0.3, -0.25) is 9.58 Å². The molecule has 5 nitrogen and oxygen atoms in total. The second-order valence-electron chi connectivity index (χ2n) is 5.82. The van der Waals surface area contributed by atoms with E-state index in [9.17, 15) is 9.50 Å². The van der Waals surface area contributed by atoms with Gasteiger partial charge < -0.3 is 9.84 Å². The Balaban J connectivity index is 1.64. The van der Waals surface area contributed by atoms with E-state index < -0.39 is 6.10 Å². The van der Waals surface area contributed by atoms with E-state index in [2.05, 4.69) is 5.10 Å². The standard InChI is InChI=1S/C16H20FN3O2/c1-11-4-3-5-12(16(11)17)7-20-9-14(21)15(10-20)22-13-6-18-19(2)8-13/h3-6,8,14-15,21H,7,9-10H2,1-2H3/t14-,15-/m1/s1. The molecule has 2 heterocycles. The van der Waals surface area contributed by atoms with Crippen molar-refractivity contribution in [2.24, 2.45) is 7.05 Å². The molecule has 1 aromatic carbocycles. The zero-order valence-electron chi connectivity index (χ0n) is 12.7. The number of benzene rings is 1. The zero-order chi connectivity index (χ0) is 15.7. The highest BCUT2D eigenvalue weighted by Gasteiger charge is 2.33. The molecule has 1 saturated heterocycles. The van der Waals surface area contributed by atoms with Gasteiger partial charge in [-0.2, -0.15) is 5.10 Å². The number of likely N-dealkylation sites (tertiary alicyclic amines) is 1. The van der Waals surface area contributed by atoms with Crippen LogP contribution in [0, 0.1) is 12.7 Å². The summed E-state index contributed by atoms with van der Waals surface area (Å²) in [4.78, 5) is 2.00. The van der Waals surface area contributed by atoms with E-state index in [0.717, 1.165) is 0 Å². The summed E-state index contributed by atoms with van der Waals surface area (Å²) < 4.78 is 21.5. The first-order chi connectivity index (χ1) is 10.5. The lowest BCUT2D eigenvalue weighted by atomic mass is 10.1. The summed E-state index contributed by atoms with van der Waals surface area (Å²) in [5.41, 5.74) is 1.29. The second-order valence-corrected chi connectivity index (χ2v) is 5.82. The SMILES string of the molecule is Cc1cccc(CN2C[C@@H](O)[C@H](Oc3cnn(C)c3)C2)c1F. The Morgan fingerprint density at radius 1 is 1.41 bits per heavy atom. The van der Waals surface area contributed by atoms with E-state index >= 15 is 0 Å². The van der Waals surface area contributed by atoms with Crippen LogP contribution in [0.15, 0.2) is 30.6 Å². The predicted molar refractivity (Wildman–Crippen MR) is 80.0 cm³/mol. The largest absolute Gasteiger partial charge is 0.483 e. The number of hydrogen-bond acceptors (Lipinski definition) is 4. The predicted octanol–water partition coefficient (Wildman–Crippen LogP) is 1.49. The Morgan fingerprint density at radius 3 is 2.95 bits per heavy atom. The van der Waals surface area contributed by atoms with E-state index in [1.165, 1.54) is 0 Å². The number of rotatable bonds is 4. The van der Waals surface area contributed by atoms with Crippen molar-refractivity contribution in [3.63, 3.8) is 0 Å². The number of aromatic nitrogens is 2. The minimum atomic E-state index is -0.590. The highest BCUT2D eigenvalue weighted by molar-refractivity contribution is 5.25. The Bertz CT molecular complexity index is 659. The van der Waals surface area contributed by atoms with Gasteiger partial charge in [0, 0.05) is 32.2 Å². The second kappa shape index (κ2) is 6.06. The van der Waals surface area contributed by atoms with Crippen molar-refractivity contribution in [2.45, 2.75) is 25.7 Å². The van der Waals surface area contributed by atoms with Crippen LogP contribution in [0.2, 0.25) is 0 Å². The summed E-state index contributed by atoms with van der Waals surface area (Å²) in [5, 5.41) is 14.2. The third kappa shape index (κ3) is 3.13. The lowest BCUT2D eigenvalue weighted by Gasteiger charge is -2.17. The van der Waals surface area contributed by atoms with Gasteiger partial charge in [0.15, 0.2) is 5.75 Å². The average Bonchev–Trinajstić information content (AvgIpc) is 3.02. The molecule has 0 amide bonds. The number of halogens is 1. The quantitative estimate of drug-likeness (QED) is 0.930. The van der Waals surface area contributed by atoms with Crippen molar-refractivity contribution >= 4 is 0 Å². The van der Waals surface area contributed by atoms with Gasteiger partial charge in [0.1, 0.15) is 18.0 Å². The molecule has 1 aliphatic rings. The maximum atomic E-state index is 14.1. The number of hydrogen-bond donors (Lipinski definition) is 1. The lowest BCUT2D eigenvalue weighted by molar-refractivity contribution is 0.0736. The highest BCUT2D eigenvalue weighted by atomic mass is 19.1. The van der Waals surface area contributed by atoms with Crippen LogP contribution >= 0.6 is 0 Å². The van der Waals surface area contributed by atoms with Gasteiger partial charge in [-0.05, 0) is 12.5 Å². The van der Waals surface area contributed by atoms with Crippen molar-refractivity contribution in [3.8, 4) is 5.75 Å². The van der Waals surface area contributed by atoms with Crippen LogP contribution in [0.5, 0.6) is 5.75 Å². The summed E-state index contributed by atoms with van der Waals surface area (Å²) in [6.45, 7) is 3.26. The number of aliphatic hydroxyl groups is 1. The molecule has 1 N–H and O–H groups in total. The fourth-order valence-corrected chi connectivity index (χ4v) is 2.78. The molecule has 2 aromatic rings. The molecule has 1 fully saturated rings.